The molecule has 0 aromatic carbocycles. The Labute approximate surface area is 381 Å². The van der Waals surface area contributed by atoms with Gasteiger partial charge < -0.3 is 45.1 Å². The molecule has 26 heteroatoms. The Morgan fingerprint density at radius 1 is 0.787 bits per heavy atom. The number of aryl methyl sites for hydroxylation is 3. The van der Waals surface area contributed by atoms with Crippen molar-refractivity contribution in [1.82, 2.24) is 20.3 Å². The van der Waals surface area contributed by atoms with E-state index in [1.807, 2.05) is 12.1 Å². The van der Waals surface area contributed by atoms with E-state index in [4.69, 9.17) is 25.6 Å². The van der Waals surface area contributed by atoms with Crippen molar-refractivity contribution in [3.05, 3.63) is 82.6 Å². The first-order valence-corrected chi connectivity index (χ1v) is 19.7. The van der Waals surface area contributed by atoms with Gasteiger partial charge in [0.2, 0.25) is 27.7 Å². The van der Waals surface area contributed by atoms with E-state index in [0.717, 1.165) is 26.3 Å². The molecule has 0 spiro atoms. The Kier molecular flexibility index (Phi) is 33.1. The monoisotopic (exact) mass is 973 g/mol. The summed E-state index contributed by atoms with van der Waals surface area (Å²) in [6.45, 7) is 12.1. The first-order valence-electron chi connectivity index (χ1n) is 16.6. The standard InChI is InChI=1S/C11H11FN2O3S.C9H7FN2O3S.C7H6N2OS.C4H6BrFO2.C4H9NO.Li.H2O/c1-3-17-11(16)9(12)18-10-7(5-13)6(2)4-8(15)14-10;1-4-2-6(13)12-8(5(4)3-11)16-7(10)9(14)15;1-4-2-6(10)9-7(11)5(4)3-8;1-2-8-4(7)3(5)6;1-3-6-4-2-5-1;;/h4,9H,3H2,1-2H3,(H,14,15);2,7H,1H3,(H,12,13)(H,14,15);2H,1H3,(H2,9,10,11);3H,2H2,1H3;5H,1-4H2;;1H2/q;;;;;+1;/p-1. The van der Waals surface area contributed by atoms with Crippen LogP contribution in [0, 0.1) is 54.8 Å². The number of hydrogen-bond acceptors (Lipinski definition) is 17. The van der Waals surface area contributed by atoms with Crippen LogP contribution in [0.2, 0.25) is 0 Å². The Morgan fingerprint density at radius 2 is 1.16 bits per heavy atom. The fraction of sp³-hybridized carbons (Fsp3) is 0.400. The summed E-state index contributed by atoms with van der Waals surface area (Å²) < 4.78 is 51.9. The summed E-state index contributed by atoms with van der Waals surface area (Å²) in [5.41, 5.74) is -3.27. The van der Waals surface area contributed by atoms with Crippen LogP contribution in [0.5, 0.6) is 0 Å². The number of carboxylic acid groups (broad SMARTS) is 1. The van der Waals surface area contributed by atoms with Crippen molar-refractivity contribution < 1.29 is 71.2 Å². The molecular weight excluding hydrogens is 934 g/mol. The topological polar surface area (TPSA) is 311 Å². The molecule has 1 aliphatic rings. The van der Waals surface area contributed by atoms with Crippen LogP contribution in [0.15, 0.2) is 47.7 Å². The van der Waals surface area contributed by atoms with Crippen LogP contribution in [0.4, 0.5) is 13.2 Å². The summed E-state index contributed by atoms with van der Waals surface area (Å²) >= 11 is 7.08. The maximum atomic E-state index is 13.5. The number of carboxylic acids is 1. The second-order valence-electron chi connectivity index (χ2n) is 10.8. The molecule has 3 atom stereocenters. The van der Waals surface area contributed by atoms with Crippen molar-refractivity contribution in [3.63, 3.8) is 0 Å². The van der Waals surface area contributed by atoms with Crippen LogP contribution >= 0.6 is 52.1 Å². The van der Waals surface area contributed by atoms with Crippen LogP contribution in [-0.4, -0.2) is 99.0 Å². The number of thioether (sulfide) groups is 2. The number of carbonyl (C=O) groups is 3. The fourth-order valence-electron chi connectivity index (χ4n) is 3.82. The number of halogens is 4. The molecule has 3 aromatic heterocycles. The van der Waals surface area contributed by atoms with Crippen molar-refractivity contribution in [2.24, 2.45) is 0 Å². The number of rotatable bonds is 9. The number of thiol groups is 1. The van der Waals surface area contributed by atoms with Gasteiger partial charge in [-0.1, -0.05) is 23.5 Å². The molecule has 3 aromatic rings. The Bertz CT molecular complexity index is 2160. The van der Waals surface area contributed by atoms with Gasteiger partial charge in [-0.2, -0.15) is 15.8 Å². The van der Waals surface area contributed by atoms with Gasteiger partial charge in [-0.15, -0.1) is 12.6 Å². The number of ether oxygens (including phenoxy) is 3. The Morgan fingerprint density at radius 3 is 1.46 bits per heavy atom. The third kappa shape index (κ3) is 23.9. The van der Waals surface area contributed by atoms with Gasteiger partial charge in [-0.05, 0) is 67.2 Å². The van der Waals surface area contributed by atoms with E-state index in [0.29, 0.717) is 39.0 Å². The number of nitrogens with zero attached hydrogens (tertiary/aromatic N) is 3. The zero-order chi connectivity index (χ0) is 45.2. The maximum Gasteiger partial charge on any atom is 1.00 e. The summed E-state index contributed by atoms with van der Waals surface area (Å²) in [5, 5.41) is 36.4. The molecule has 1 fully saturated rings. The number of carbonyl (C=O) groups excluding carboxylic acids is 2. The molecule has 0 radical (unpaired) electrons. The minimum Gasteiger partial charge on any atom is -0.870 e. The van der Waals surface area contributed by atoms with Gasteiger partial charge in [0.1, 0.15) is 18.2 Å². The van der Waals surface area contributed by atoms with E-state index in [1.165, 1.54) is 25.1 Å². The summed E-state index contributed by atoms with van der Waals surface area (Å²) in [7, 11) is 0. The van der Waals surface area contributed by atoms with Gasteiger partial charge in [0.05, 0.1) is 58.2 Å². The molecule has 6 N–H and O–H groups in total. The molecule has 18 nitrogen and oxygen atoms in total. The molecule has 0 amide bonds. The van der Waals surface area contributed by atoms with E-state index in [-0.39, 0.29) is 76.1 Å². The third-order valence-electron chi connectivity index (χ3n) is 6.39. The largest absolute Gasteiger partial charge is 1.00 e. The summed E-state index contributed by atoms with van der Waals surface area (Å²) in [4.78, 5) is 71.6. The van der Waals surface area contributed by atoms with Crippen molar-refractivity contribution >= 4 is 70.0 Å². The van der Waals surface area contributed by atoms with Crippen molar-refractivity contribution in [3.8, 4) is 18.2 Å². The van der Waals surface area contributed by atoms with Gasteiger partial charge in [0, 0.05) is 31.3 Å². The number of aliphatic carboxylic acids is 1. The number of morpholine rings is 1. The van der Waals surface area contributed by atoms with E-state index in [1.54, 1.807) is 33.8 Å². The summed E-state index contributed by atoms with van der Waals surface area (Å²) in [5.74, 6) is -3.56. The first kappa shape index (κ1) is 60.8. The molecule has 1 aliphatic heterocycles. The molecule has 328 valence electrons. The molecule has 4 rings (SSSR count). The minimum atomic E-state index is -2.22. The smallest absolute Gasteiger partial charge is 0.870 e. The minimum absolute atomic E-state index is 0. The zero-order valence-electron chi connectivity index (χ0n) is 33.4. The van der Waals surface area contributed by atoms with Gasteiger partial charge in [0.15, 0.2) is 0 Å². The molecule has 61 heavy (non-hydrogen) atoms. The van der Waals surface area contributed by atoms with Crippen molar-refractivity contribution in [2.45, 2.75) is 65.8 Å². The normalized spacial score (nSPS) is 12.2. The summed E-state index contributed by atoms with van der Waals surface area (Å²) in [6.07, 6.45) is 0. The van der Waals surface area contributed by atoms with E-state index < -0.39 is 45.1 Å². The van der Waals surface area contributed by atoms with Crippen LogP contribution in [-0.2, 0) is 28.6 Å². The van der Waals surface area contributed by atoms with E-state index in [9.17, 15) is 41.9 Å². The van der Waals surface area contributed by atoms with Gasteiger partial charge in [-0.25, -0.2) is 27.6 Å². The Hall–Kier alpha value is -4.47. The van der Waals surface area contributed by atoms with Crippen LogP contribution in [0.3, 0.4) is 0 Å². The predicted octanol–water partition coefficient (Wildman–Crippen LogP) is 1.05. The maximum absolute atomic E-state index is 13.5. The average Bonchev–Trinajstić information content (AvgIpc) is 3.16. The number of esters is 2. The number of aromatic amines is 3. The number of nitriles is 3. The molecule has 4 heterocycles. The fourth-order valence-corrected chi connectivity index (χ4v) is 5.93. The van der Waals surface area contributed by atoms with Crippen LogP contribution in [0.25, 0.3) is 0 Å². The molecule has 1 saturated heterocycles. The number of nitrogens with one attached hydrogen (secondary N) is 4. The van der Waals surface area contributed by atoms with Gasteiger partial charge >= 0.3 is 36.8 Å². The van der Waals surface area contributed by atoms with Gasteiger partial charge in [-0.3, -0.25) is 14.4 Å². The molecule has 0 aliphatic carbocycles. The van der Waals surface area contributed by atoms with Crippen molar-refractivity contribution in [2.75, 3.05) is 39.5 Å². The first-order chi connectivity index (χ1) is 27.8. The van der Waals surface area contributed by atoms with Crippen LogP contribution in [0.1, 0.15) is 47.2 Å². The predicted molar refractivity (Wildman–Crippen MR) is 219 cm³/mol. The average molecular weight is 975 g/mol. The summed E-state index contributed by atoms with van der Waals surface area (Å²) in [6, 6.07) is 9.39. The molecule has 0 saturated carbocycles. The quantitative estimate of drug-likeness (QED) is 0.0574. The zero-order valence-corrected chi connectivity index (χ0v) is 37.5. The van der Waals surface area contributed by atoms with Crippen LogP contribution < -0.4 is 40.9 Å². The molecule has 3 unspecified atom stereocenters. The van der Waals surface area contributed by atoms with Crippen molar-refractivity contribution in [1.29, 1.82) is 15.8 Å². The molecule has 0 bridgehead atoms. The van der Waals surface area contributed by atoms with E-state index >= 15 is 0 Å². The number of hydrogen-bond donors (Lipinski definition) is 6. The number of aromatic nitrogens is 3. The molecular formula is C35H40BrF3LiN7O11S3. The van der Waals surface area contributed by atoms with E-state index in [2.05, 4.69) is 58.3 Å². The number of alkyl halides is 4. The second kappa shape index (κ2) is 33.2. The van der Waals surface area contributed by atoms with Gasteiger partial charge in [0.25, 0.3) is 5.08 Å². The second-order valence-corrected chi connectivity index (χ2v) is 14.2. The Balaban J connectivity index is -0.000000716. The number of pyridine rings is 3. The third-order valence-corrected chi connectivity index (χ3v) is 8.99. The number of H-pyrrole nitrogens is 3. The SMILES string of the molecule is C1COCCN1.CCOC(=O)C(F)Br.CCOC(=O)C(F)Sc1[nH]c(=O)cc(C)c1C#N.Cc1cc(=O)[nH]c(S)c1C#N.Cc1cc(=O)[nH]c(SC(F)C(=O)O)c1C#N.[Li+].[OH-].